The minimum Gasteiger partial charge on any atom is -0.545 e. The maximum atomic E-state index is 13.7. The van der Waals surface area contributed by atoms with Gasteiger partial charge < -0.3 is 9.90 Å². The lowest BCUT2D eigenvalue weighted by Gasteiger charge is -2.07. The molecule has 17 heavy (non-hydrogen) atoms. The van der Waals surface area contributed by atoms with Gasteiger partial charge in [0.15, 0.2) is 0 Å². The first-order valence-electron chi connectivity index (χ1n) is 5.16. The van der Waals surface area contributed by atoms with Crippen molar-refractivity contribution in [3.63, 3.8) is 0 Å². The maximum Gasteiger partial charge on any atom is 0.131 e. The van der Waals surface area contributed by atoms with E-state index in [1.54, 1.807) is 6.07 Å². The average Bonchev–Trinajstić information content (AvgIpc) is 2.28. The fourth-order valence-electron chi connectivity index (χ4n) is 1.69. The summed E-state index contributed by atoms with van der Waals surface area (Å²) < 4.78 is 13.7. The summed E-state index contributed by atoms with van der Waals surface area (Å²) in [6, 6.07) is 11.1. The largest absolute Gasteiger partial charge is 0.545 e. The second-order valence-corrected chi connectivity index (χ2v) is 3.85. The van der Waals surface area contributed by atoms with Gasteiger partial charge in [0.1, 0.15) is 5.82 Å². The first-order valence-corrected chi connectivity index (χ1v) is 5.16. The lowest BCUT2D eigenvalue weighted by Crippen LogP contribution is -2.22. The van der Waals surface area contributed by atoms with Crippen molar-refractivity contribution in [1.82, 2.24) is 0 Å². The quantitative estimate of drug-likeness (QED) is 0.791. The normalized spacial score (nSPS) is 10.2. The standard InChI is InChI=1S/C14H11FO2/c1-9-3-2-4-10(7-9)12-6-5-11(14(16)17)8-13(12)15/h2-8H,1H3,(H,16,17)/p-1. The van der Waals surface area contributed by atoms with E-state index in [2.05, 4.69) is 0 Å². The Bertz CT molecular complexity index is 576. The van der Waals surface area contributed by atoms with Crippen molar-refractivity contribution in [2.24, 2.45) is 0 Å². The van der Waals surface area contributed by atoms with Crippen LogP contribution in [0.1, 0.15) is 15.9 Å². The summed E-state index contributed by atoms with van der Waals surface area (Å²) in [4.78, 5) is 10.6. The number of halogens is 1. The Kier molecular flexibility index (Phi) is 2.91. The molecule has 0 N–H and O–H groups in total. The van der Waals surface area contributed by atoms with E-state index in [1.807, 2.05) is 25.1 Å². The van der Waals surface area contributed by atoms with Crippen molar-refractivity contribution in [2.45, 2.75) is 6.92 Å². The van der Waals surface area contributed by atoms with Crippen LogP contribution >= 0.6 is 0 Å². The van der Waals surface area contributed by atoms with Crippen LogP contribution in [-0.2, 0) is 0 Å². The van der Waals surface area contributed by atoms with Gasteiger partial charge in [-0.3, -0.25) is 0 Å². The third kappa shape index (κ3) is 2.33. The zero-order valence-electron chi connectivity index (χ0n) is 9.24. The SMILES string of the molecule is Cc1cccc(-c2ccc(C(=O)[O-])cc2F)c1. The molecule has 86 valence electrons. The zero-order chi connectivity index (χ0) is 12.4. The molecule has 2 nitrogen and oxygen atoms in total. The van der Waals surface area contributed by atoms with Crippen LogP contribution in [0.15, 0.2) is 42.5 Å². The van der Waals surface area contributed by atoms with E-state index in [0.29, 0.717) is 5.56 Å². The van der Waals surface area contributed by atoms with Gasteiger partial charge >= 0.3 is 0 Å². The molecule has 0 aliphatic rings. The van der Waals surface area contributed by atoms with Gasteiger partial charge in [-0.2, -0.15) is 0 Å². The first-order chi connectivity index (χ1) is 8.08. The summed E-state index contributed by atoms with van der Waals surface area (Å²) in [7, 11) is 0. The highest BCUT2D eigenvalue weighted by molar-refractivity contribution is 5.86. The number of hydrogen-bond acceptors (Lipinski definition) is 2. The van der Waals surface area contributed by atoms with Crippen molar-refractivity contribution < 1.29 is 14.3 Å². The number of carboxylic acid groups (broad SMARTS) is 1. The first kappa shape index (κ1) is 11.3. The number of carboxylic acids is 1. The smallest absolute Gasteiger partial charge is 0.131 e. The summed E-state index contributed by atoms with van der Waals surface area (Å²) in [6.07, 6.45) is 0. The third-order valence-electron chi connectivity index (χ3n) is 2.53. The molecular formula is C14H10FO2-. The van der Waals surface area contributed by atoms with Gasteiger partial charge in [0, 0.05) is 11.1 Å². The van der Waals surface area contributed by atoms with Crippen LogP contribution in [0.5, 0.6) is 0 Å². The monoisotopic (exact) mass is 229 g/mol. The van der Waals surface area contributed by atoms with Gasteiger partial charge in [0.2, 0.25) is 0 Å². The second kappa shape index (κ2) is 4.37. The topological polar surface area (TPSA) is 40.1 Å². The number of rotatable bonds is 2. The van der Waals surface area contributed by atoms with Crippen LogP contribution in [0.25, 0.3) is 11.1 Å². The number of carbonyl (C=O) groups is 1. The molecule has 2 aromatic rings. The number of aromatic carboxylic acids is 1. The molecular weight excluding hydrogens is 219 g/mol. The fourth-order valence-corrected chi connectivity index (χ4v) is 1.69. The Morgan fingerprint density at radius 3 is 2.53 bits per heavy atom. The fraction of sp³-hybridized carbons (Fsp3) is 0.0714. The molecule has 0 atom stereocenters. The van der Waals surface area contributed by atoms with E-state index >= 15 is 0 Å². The average molecular weight is 229 g/mol. The summed E-state index contributed by atoms with van der Waals surface area (Å²) in [5, 5.41) is 10.6. The number of aryl methyl sites for hydroxylation is 1. The second-order valence-electron chi connectivity index (χ2n) is 3.85. The third-order valence-corrected chi connectivity index (χ3v) is 2.53. The molecule has 2 aromatic carbocycles. The number of hydrogen-bond donors (Lipinski definition) is 0. The molecule has 0 fully saturated rings. The molecule has 0 aliphatic carbocycles. The van der Waals surface area contributed by atoms with Gasteiger partial charge in [-0.05, 0) is 18.6 Å². The Morgan fingerprint density at radius 2 is 1.94 bits per heavy atom. The molecule has 0 spiro atoms. The Labute approximate surface area is 98.3 Å². The van der Waals surface area contributed by atoms with Crippen LogP contribution in [0.3, 0.4) is 0 Å². The summed E-state index contributed by atoms with van der Waals surface area (Å²) in [6.45, 7) is 1.91. The molecule has 0 amide bonds. The maximum absolute atomic E-state index is 13.7. The Balaban J connectivity index is 2.50. The highest BCUT2D eigenvalue weighted by atomic mass is 19.1. The molecule has 0 aromatic heterocycles. The Hall–Kier alpha value is -2.16. The van der Waals surface area contributed by atoms with Crippen LogP contribution in [0.2, 0.25) is 0 Å². The van der Waals surface area contributed by atoms with Crippen LogP contribution < -0.4 is 5.11 Å². The molecule has 2 rings (SSSR count). The van der Waals surface area contributed by atoms with E-state index in [-0.39, 0.29) is 5.56 Å². The van der Waals surface area contributed by atoms with Crippen molar-refractivity contribution >= 4 is 5.97 Å². The van der Waals surface area contributed by atoms with E-state index in [4.69, 9.17) is 0 Å². The van der Waals surface area contributed by atoms with E-state index in [0.717, 1.165) is 17.2 Å². The van der Waals surface area contributed by atoms with Crippen molar-refractivity contribution in [3.05, 3.63) is 59.4 Å². The molecule has 0 saturated carbocycles. The molecule has 3 heteroatoms. The van der Waals surface area contributed by atoms with Crippen molar-refractivity contribution in [2.75, 3.05) is 0 Å². The lowest BCUT2D eigenvalue weighted by molar-refractivity contribution is -0.255. The molecule has 0 unspecified atom stereocenters. The van der Waals surface area contributed by atoms with Crippen LogP contribution in [0, 0.1) is 12.7 Å². The highest BCUT2D eigenvalue weighted by Gasteiger charge is 2.06. The van der Waals surface area contributed by atoms with Gasteiger partial charge in [-0.25, -0.2) is 4.39 Å². The highest BCUT2D eigenvalue weighted by Crippen LogP contribution is 2.24. The van der Waals surface area contributed by atoms with E-state index in [1.165, 1.54) is 12.1 Å². The van der Waals surface area contributed by atoms with Gasteiger partial charge in [-0.15, -0.1) is 0 Å². The minimum atomic E-state index is -1.38. The Morgan fingerprint density at radius 1 is 1.18 bits per heavy atom. The molecule has 0 bridgehead atoms. The zero-order valence-corrected chi connectivity index (χ0v) is 9.24. The van der Waals surface area contributed by atoms with Gasteiger partial charge in [0.25, 0.3) is 0 Å². The predicted octanol–water partition coefficient (Wildman–Crippen LogP) is 2.16. The van der Waals surface area contributed by atoms with E-state index < -0.39 is 11.8 Å². The number of carbonyl (C=O) groups excluding carboxylic acids is 1. The van der Waals surface area contributed by atoms with Crippen LogP contribution in [0.4, 0.5) is 4.39 Å². The van der Waals surface area contributed by atoms with Gasteiger partial charge in [0.05, 0.1) is 5.97 Å². The molecule has 0 saturated heterocycles. The summed E-state index contributed by atoms with van der Waals surface area (Å²) >= 11 is 0. The summed E-state index contributed by atoms with van der Waals surface area (Å²) in [5.41, 5.74) is 1.98. The molecule has 0 radical (unpaired) electrons. The number of benzene rings is 2. The van der Waals surface area contributed by atoms with Crippen molar-refractivity contribution in [1.29, 1.82) is 0 Å². The van der Waals surface area contributed by atoms with E-state index in [9.17, 15) is 14.3 Å². The van der Waals surface area contributed by atoms with Gasteiger partial charge in [-0.1, -0.05) is 42.0 Å². The molecule has 0 heterocycles. The molecule has 0 aliphatic heterocycles. The van der Waals surface area contributed by atoms with Crippen molar-refractivity contribution in [3.8, 4) is 11.1 Å². The van der Waals surface area contributed by atoms with Crippen LogP contribution in [-0.4, -0.2) is 5.97 Å². The minimum absolute atomic E-state index is 0.154. The predicted molar refractivity (Wildman–Crippen MR) is 60.9 cm³/mol. The lowest BCUT2D eigenvalue weighted by atomic mass is 10.0. The summed E-state index contributed by atoms with van der Waals surface area (Å²) in [5.74, 6) is -1.93.